The summed E-state index contributed by atoms with van der Waals surface area (Å²) in [4.78, 5) is 20.3. The summed E-state index contributed by atoms with van der Waals surface area (Å²) in [6.45, 7) is 6.00. The Morgan fingerprint density at radius 2 is 0.789 bits per heavy atom. The smallest absolute Gasteiger partial charge is 0.0414 e. The number of hydrogen-bond acceptors (Lipinski definition) is 4. The lowest BCUT2D eigenvalue weighted by atomic mass is 10.1. The highest BCUT2D eigenvalue weighted by Gasteiger charge is 1.93. The van der Waals surface area contributed by atoms with Crippen molar-refractivity contribution in [1.82, 2.24) is 0 Å². The van der Waals surface area contributed by atoms with Gasteiger partial charge in [0.05, 0.1) is 0 Å². The van der Waals surface area contributed by atoms with Crippen LogP contribution in [-0.4, -0.2) is 11.9 Å². The Hall–Kier alpha value is -1.32. The lowest BCUT2D eigenvalue weighted by molar-refractivity contribution is -0.307. The van der Waals surface area contributed by atoms with Gasteiger partial charge < -0.3 is 19.8 Å². The van der Waals surface area contributed by atoms with Crippen molar-refractivity contribution in [3.05, 3.63) is 13.2 Å². The third kappa shape index (κ3) is 22.4. The van der Waals surface area contributed by atoms with Gasteiger partial charge in [-0.2, -0.15) is 0 Å². The highest BCUT2D eigenvalue weighted by Crippen LogP contribution is 2.10. The molecule has 0 bridgehead atoms. The summed E-state index contributed by atoms with van der Waals surface area (Å²) in [6.07, 6.45) is 9.25. The quantitative estimate of drug-likeness (QED) is 0.398. The van der Waals surface area contributed by atoms with Gasteiger partial charge in [-0.15, -0.1) is 13.2 Å². The summed E-state index contributed by atoms with van der Waals surface area (Å²) in [5.41, 5.74) is 0. The molecule has 19 heavy (non-hydrogen) atoms. The van der Waals surface area contributed by atoms with Gasteiger partial charge in [0.15, 0.2) is 0 Å². The molecule has 0 heterocycles. The van der Waals surface area contributed by atoms with Crippen molar-refractivity contribution < 1.29 is 19.8 Å². The third-order valence-electron chi connectivity index (χ3n) is 2.76. The first kappa shape index (κ1) is 20.0. The van der Waals surface area contributed by atoms with Crippen LogP contribution in [0.4, 0.5) is 0 Å². The minimum Gasteiger partial charge on any atom is -0.550 e. The first-order valence-corrected chi connectivity index (χ1v) is 7.02. The van der Waals surface area contributed by atoms with Gasteiger partial charge in [-0.05, 0) is 25.7 Å². The fourth-order valence-electron chi connectivity index (χ4n) is 1.78. The first-order chi connectivity index (χ1) is 9.13. The molecule has 0 unspecified atom stereocenters. The second kappa shape index (κ2) is 16.7. The number of hydrogen-bond donors (Lipinski definition) is 0. The van der Waals surface area contributed by atoms with Crippen molar-refractivity contribution in [2.24, 2.45) is 0 Å². The van der Waals surface area contributed by atoms with Crippen molar-refractivity contribution in [1.29, 1.82) is 0 Å². The molecule has 0 aromatic rings. The molecule has 0 saturated heterocycles. The molecule has 0 aliphatic heterocycles. The van der Waals surface area contributed by atoms with E-state index in [9.17, 15) is 19.8 Å². The van der Waals surface area contributed by atoms with Crippen LogP contribution in [0.25, 0.3) is 0 Å². The Morgan fingerprint density at radius 1 is 0.579 bits per heavy atom. The van der Waals surface area contributed by atoms with E-state index in [1.807, 2.05) is 0 Å². The zero-order valence-electron chi connectivity index (χ0n) is 11.8. The molecule has 0 fully saturated rings. The van der Waals surface area contributed by atoms with Gasteiger partial charge in [-0.25, -0.2) is 0 Å². The Kier molecular flexibility index (Phi) is 17.6. The molecule has 4 heteroatoms. The molecular formula is C15H26O4-2. The average molecular weight is 270 g/mol. The number of carboxylic acids is 2. The van der Waals surface area contributed by atoms with E-state index in [1.54, 1.807) is 0 Å². The van der Waals surface area contributed by atoms with Gasteiger partial charge in [-0.1, -0.05) is 44.9 Å². The average Bonchev–Trinajstić information content (AvgIpc) is 2.37. The van der Waals surface area contributed by atoms with Crippen LogP contribution in [0.5, 0.6) is 0 Å². The topological polar surface area (TPSA) is 80.3 Å². The molecule has 112 valence electrons. The maximum Gasteiger partial charge on any atom is 0.0414 e. The Balaban J connectivity index is 0. The van der Waals surface area contributed by atoms with Crippen molar-refractivity contribution in [2.45, 2.75) is 70.6 Å². The molecule has 0 spiro atoms. The SMILES string of the molecule is C=C.O=C([O-])CCCCCCCCCCCC(=O)[O-]. The predicted octanol–water partition coefficient (Wildman–Crippen LogP) is 1.58. The van der Waals surface area contributed by atoms with Crippen LogP contribution >= 0.6 is 0 Å². The minimum absolute atomic E-state index is 0.170. The number of aliphatic carboxylic acids is 2. The van der Waals surface area contributed by atoms with Gasteiger partial charge in [0.1, 0.15) is 0 Å². The summed E-state index contributed by atoms with van der Waals surface area (Å²) >= 11 is 0. The fourth-order valence-corrected chi connectivity index (χ4v) is 1.78. The van der Waals surface area contributed by atoms with Crippen LogP contribution in [0.1, 0.15) is 70.6 Å². The van der Waals surface area contributed by atoms with E-state index in [-0.39, 0.29) is 12.8 Å². The molecule has 0 aliphatic carbocycles. The summed E-state index contributed by atoms with van der Waals surface area (Å²) in [5, 5.41) is 20.3. The Bertz CT molecular complexity index is 204. The zero-order chi connectivity index (χ0) is 14.9. The van der Waals surface area contributed by atoms with Crippen molar-refractivity contribution in [2.75, 3.05) is 0 Å². The summed E-state index contributed by atoms with van der Waals surface area (Å²) in [6, 6.07) is 0. The van der Waals surface area contributed by atoms with Crippen LogP contribution in [0, 0.1) is 0 Å². The largest absolute Gasteiger partial charge is 0.550 e. The summed E-state index contributed by atoms with van der Waals surface area (Å²) in [7, 11) is 0. The van der Waals surface area contributed by atoms with Crippen molar-refractivity contribution in [3.63, 3.8) is 0 Å². The summed E-state index contributed by atoms with van der Waals surface area (Å²) in [5.74, 6) is -1.92. The second-order valence-corrected chi connectivity index (χ2v) is 4.43. The van der Waals surface area contributed by atoms with Gasteiger partial charge in [-0.3, -0.25) is 0 Å². The maximum atomic E-state index is 10.1. The highest BCUT2D eigenvalue weighted by molar-refractivity contribution is 5.64. The van der Waals surface area contributed by atoms with E-state index in [0.717, 1.165) is 44.9 Å². The number of carbonyl (C=O) groups excluding carboxylic acids is 2. The van der Waals surface area contributed by atoms with Gasteiger partial charge in [0.25, 0.3) is 0 Å². The molecule has 0 aromatic carbocycles. The number of unbranched alkanes of at least 4 members (excludes halogenated alkanes) is 8. The molecule has 0 radical (unpaired) electrons. The lowest BCUT2D eigenvalue weighted by Gasteiger charge is -2.03. The number of carbonyl (C=O) groups is 2. The molecule has 0 aliphatic rings. The van der Waals surface area contributed by atoms with Crippen LogP contribution in [-0.2, 0) is 9.59 Å². The molecular weight excluding hydrogens is 244 g/mol. The van der Waals surface area contributed by atoms with E-state index in [2.05, 4.69) is 13.2 Å². The normalized spacial score (nSPS) is 9.47. The van der Waals surface area contributed by atoms with E-state index >= 15 is 0 Å². The van der Waals surface area contributed by atoms with E-state index in [4.69, 9.17) is 0 Å². The maximum absolute atomic E-state index is 10.1. The Labute approximate surface area is 116 Å². The van der Waals surface area contributed by atoms with E-state index < -0.39 is 11.9 Å². The number of carboxylic acid groups (broad SMARTS) is 2. The third-order valence-corrected chi connectivity index (χ3v) is 2.76. The van der Waals surface area contributed by atoms with Crippen LogP contribution < -0.4 is 10.2 Å². The van der Waals surface area contributed by atoms with Gasteiger partial charge >= 0.3 is 0 Å². The Morgan fingerprint density at radius 3 is 1.00 bits per heavy atom. The fraction of sp³-hybridized carbons (Fsp3) is 0.733. The van der Waals surface area contributed by atoms with Gasteiger partial charge in [0.2, 0.25) is 0 Å². The van der Waals surface area contributed by atoms with E-state index in [1.165, 1.54) is 0 Å². The van der Waals surface area contributed by atoms with Crippen LogP contribution in [0.2, 0.25) is 0 Å². The monoisotopic (exact) mass is 270 g/mol. The molecule has 0 atom stereocenters. The molecule has 0 N–H and O–H groups in total. The molecule has 4 nitrogen and oxygen atoms in total. The van der Waals surface area contributed by atoms with Crippen LogP contribution in [0.3, 0.4) is 0 Å². The molecule has 0 aromatic heterocycles. The first-order valence-electron chi connectivity index (χ1n) is 7.02. The van der Waals surface area contributed by atoms with Crippen molar-refractivity contribution >= 4 is 11.9 Å². The highest BCUT2D eigenvalue weighted by atomic mass is 16.4. The molecule has 0 amide bonds. The molecule has 0 saturated carbocycles. The number of rotatable bonds is 12. The summed E-state index contributed by atoms with van der Waals surface area (Å²) < 4.78 is 0. The lowest BCUT2D eigenvalue weighted by Crippen LogP contribution is -2.21. The standard InChI is InChI=1S/C13H24O4.C2H4/c14-12(15)10-8-6-4-2-1-3-5-7-9-11-13(16)17;1-2/h1-11H2,(H,14,15)(H,16,17);1-2H2/p-2. The zero-order valence-corrected chi connectivity index (χ0v) is 11.8. The van der Waals surface area contributed by atoms with Crippen molar-refractivity contribution in [3.8, 4) is 0 Å². The van der Waals surface area contributed by atoms with E-state index in [0.29, 0.717) is 12.8 Å². The van der Waals surface area contributed by atoms with Gasteiger partial charge in [0, 0.05) is 11.9 Å². The predicted molar refractivity (Wildman–Crippen MR) is 72.1 cm³/mol. The second-order valence-electron chi connectivity index (χ2n) is 4.43. The van der Waals surface area contributed by atoms with Crippen LogP contribution in [0.15, 0.2) is 13.2 Å². The minimum atomic E-state index is -0.960. The molecule has 0 rings (SSSR count).